The number of benzene rings is 1. The molecule has 0 saturated heterocycles. The molecule has 0 unspecified atom stereocenters. The Bertz CT molecular complexity index is 671. The highest BCUT2D eigenvalue weighted by Gasteiger charge is 2.26. The Hall–Kier alpha value is -2.10. The number of carboxylic acids is 1. The topological polar surface area (TPSA) is 55.1 Å². The lowest BCUT2D eigenvalue weighted by molar-refractivity contribution is 0.0689. The first-order chi connectivity index (χ1) is 9.08. The van der Waals surface area contributed by atoms with Gasteiger partial charge in [0, 0.05) is 11.3 Å². The number of carbonyl (C=O) groups is 1. The van der Waals surface area contributed by atoms with Crippen LogP contribution in [0, 0.1) is 13.8 Å². The molecule has 0 amide bonds. The third-order valence-corrected chi connectivity index (χ3v) is 3.87. The Labute approximate surface area is 111 Å². The zero-order chi connectivity index (χ0) is 13.6. The zero-order valence-electron chi connectivity index (χ0n) is 11.1. The summed E-state index contributed by atoms with van der Waals surface area (Å²) < 4.78 is 1.80. The maximum Gasteiger partial charge on any atom is 0.356 e. The van der Waals surface area contributed by atoms with Crippen LogP contribution in [0.2, 0.25) is 0 Å². The van der Waals surface area contributed by atoms with Crippen molar-refractivity contribution >= 4 is 5.97 Å². The molecule has 1 aliphatic carbocycles. The number of aromatic nitrogens is 2. The summed E-state index contributed by atoms with van der Waals surface area (Å²) in [6.45, 7) is 4.12. The third kappa shape index (κ3) is 1.84. The van der Waals surface area contributed by atoms with Crippen molar-refractivity contribution in [3.8, 4) is 5.69 Å². The highest BCUT2D eigenvalue weighted by Crippen LogP contribution is 2.28. The molecule has 0 fully saturated rings. The van der Waals surface area contributed by atoms with E-state index in [-0.39, 0.29) is 5.69 Å². The fourth-order valence-corrected chi connectivity index (χ4v) is 2.68. The van der Waals surface area contributed by atoms with Crippen LogP contribution >= 0.6 is 0 Å². The molecule has 1 aliphatic rings. The number of hydrogen-bond donors (Lipinski definition) is 1. The molecule has 4 heteroatoms. The van der Waals surface area contributed by atoms with Gasteiger partial charge in [0.15, 0.2) is 5.69 Å². The van der Waals surface area contributed by atoms with E-state index in [1.165, 1.54) is 11.1 Å². The van der Waals surface area contributed by atoms with Crippen LogP contribution in [0.15, 0.2) is 18.2 Å². The van der Waals surface area contributed by atoms with E-state index in [0.717, 1.165) is 36.2 Å². The minimum atomic E-state index is -0.930. The van der Waals surface area contributed by atoms with Gasteiger partial charge in [0.25, 0.3) is 0 Å². The second-order valence-electron chi connectivity index (χ2n) is 5.11. The summed E-state index contributed by atoms with van der Waals surface area (Å²) in [7, 11) is 0. The molecule has 19 heavy (non-hydrogen) atoms. The van der Waals surface area contributed by atoms with Crippen molar-refractivity contribution in [3.05, 3.63) is 46.3 Å². The Morgan fingerprint density at radius 1 is 1.26 bits per heavy atom. The third-order valence-electron chi connectivity index (χ3n) is 3.87. The molecular weight excluding hydrogens is 240 g/mol. The number of fused-ring (bicyclic) bond motifs is 1. The lowest BCUT2D eigenvalue weighted by atomic mass is 10.1. The van der Waals surface area contributed by atoms with Gasteiger partial charge in [-0.3, -0.25) is 0 Å². The standard InChI is InChI=1S/C15H16N2O2/c1-9-6-7-11(8-10(9)2)17-13-5-3-4-12(13)14(16-17)15(18)19/h6-8H,3-5H2,1-2H3,(H,18,19). The largest absolute Gasteiger partial charge is 0.476 e. The summed E-state index contributed by atoms with van der Waals surface area (Å²) in [4.78, 5) is 11.3. The molecule has 1 heterocycles. The average molecular weight is 256 g/mol. The van der Waals surface area contributed by atoms with Crippen LogP contribution in [0.3, 0.4) is 0 Å². The smallest absolute Gasteiger partial charge is 0.356 e. The Morgan fingerprint density at radius 2 is 2.05 bits per heavy atom. The van der Waals surface area contributed by atoms with Crippen LogP contribution < -0.4 is 0 Å². The first-order valence-corrected chi connectivity index (χ1v) is 6.49. The van der Waals surface area contributed by atoms with Gasteiger partial charge in [-0.15, -0.1) is 0 Å². The molecule has 0 radical (unpaired) electrons. The van der Waals surface area contributed by atoms with Crippen LogP contribution in [-0.4, -0.2) is 20.9 Å². The second kappa shape index (κ2) is 4.23. The summed E-state index contributed by atoms with van der Waals surface area (Å²) in [5, 5.41) is 13.5. The van der Waals surface area contributed by atoms with E-state index in [0.29, 0.717) is 0 Å². The molecule has 0 aliphatic heterocycles. The Kier molecular flexibility index (Phi) is 2.66. The van der Waals surface area contributed by atoms with Gasteiger partial charge in [0.2, 0.25) is 0 Å². The average Bonchev–Trinajstić information content (AvgIpc) is 2.93. The van der Waals surface area contributed by atoms with Crippen molar-refractivity contribution in [3.63, 3.8) is 0 Å². The molecule has 1 aromatic carbocycles. The molecule has 98 valence electrons. The van der Waals surface area contributed by atoms with Crippen LogP contribution in [0.1, 0.15) is 39.3 Å². The van der Waals surface area contributed by atoms with E-state index in [1.54, 1.807) is 4.68 Å². The number of hydrogen-bond acceptors (Lipinski definition) is 2. The first-order valence-electron chi connectivity index (χ1n) is 6.49. The minimum absolute atomic E-state index is 0.214. The van der Waals surface area contributed by atoms with Crippen LogP contribution in [0.25, 0.3) is 5.69 Å². The summed E-state index contributed by atoms with van der Waals surface area (Å²) in [5.74, 6) is -0.930. The van der Waals surface area contributed by atoms with Crippen molar-refractivity contribution in [2.75, 3.05) is 0 Å². The quantitative estimate of drug-likeness (QED) is 0.898. The predicted octanol–water partition coefficient (Wildman–Crippen LogP) is 2.68. The maximum absolute atomic E-state index is 11.3. The van der Waals surface area contributed by atoms with Gasteiger partial charge in [-0.1, -0.05) is 6.07 Å². The molecule has 4 nitrogen and oxygen atoms in total. The molecule has 0 atom stereocenters. The van der Waals surface area contributed by atoms with Gasteiger partial charge >= 0.3 is 5.97 Å². The van der Waals surface area contributed by atoms with E-state index in [4.69, 9.17) is 0 Å². The minimum Gasteiger partial charge on any atom is -0.476 e. The van der Waals surface area contributed by atoms with Crippen molar-refractivity contribution < 1.29 is 9.90 Å². The maximum atomic E-state index is 11.3. The van der Waals surface area contributed by atoms with E-state index in [9.17, 15) is 9.90 Å². The SMILES string of the molecule is Cc1ccc(-n2nc(C(=O)O)c3c2CCC3)cc1C. The van der Waals surface area contributed by atoms with Crippen LogP contribution in [-0.2, 0) is 12.8 Å². The molecule has 0 spiro atoms. The van der Waals surface area contributed by atoms with Gasteiger partial charge in [-0.25, -0.2) is 9.48 Å². The lowest BCUT2D eigenvalue weighted by Gasteiger charge is -2.08. The predicted molar refractivity (Wildman–Crippen MR) is 72.0 cm³/mol. The number of aryl methyl sites for hydroxylation is 2. The summed E-state index contributed by atoms with van der Waals surface area (Å²) >= 11 is 0. The van der Waals surface area contributed by atoms with Crippen molar-refractivity contribution in [1.82, 2.24) is 9.78 Å². The first kappa shape index (κ1) is 12.0. The van der Waals surface area contributed by atoms with Crippen LogP contribution in [0.5, 0.6) is 0 Å². The van der Waals surface area contributed by atoms with E-state index in [2.05, 4.69) is 25.0 Å². The highest BCUT2D eigenvalue weighted by atomic mass is 16.4. The normalized spacial score (nSPS) is 13.6. The van der Waals surface area contributed by atoms with Gasteiger partial charge in [-0.2, -0.15) is 5.10 Å². The number of rotatable bonds is 2. The fraction of sp³-hybridized carbons (Fsp3) is 0.333. The van der Waals surface area contributed by atoms with Crippen molar-refractivity contribution in [2.24, 2.45) is 0 Å². The molecule has 2 aromatic rings. The fourth-order valence-electron chi connectivity index (χ4n) is 2.68. The summed E-state index contributed by atoms with van der Waals surface area (Å²) in [6, 6.07) is 6.11. The number of nitrogens with zero attached hydrogens (tertiary/aromatic N) is 2. The molecule has 0 bridgehead atoms. The van der Waals surface area contributed by atoms with Gasteiger partial charge in [-0.05, 0) is 56.4 Å². The summed E-state index contributed by atoms with van der Waals surface area (Å²) in [5.41, 5.74) is 5.55. The molecule has 3 rings (SSSR count). The van der Waals surface area contributed by atoms with Crippen LogP contribution in [0.4, 0.5) is 0 Å². The monoisotopic (exact) mass is 256 g/mol. The number of aromatic carboxylic acids is 1. The highest BCUT2D eigenvalue weighted by molar-refractivity contribution is 5.87. The van der Waals surface area contributed by atoms with E-state index in [1.807, 2.05) is 12.1 Å². The van der Waals surface area contributed by atoms with Crippen molar-refractivity contribution in [1.29, 1.82) is 0 Å². The molecule has 1 N–H and O–H groups in total. The lowest BCUT2D eigenvalue weighted by Crippen LogP contribution is -2.05. The van der Waals surface area contributed by atoms with Gasteiger partial charge in [0.1, 0.15) is 0 Å². The Morgan fingerprint density at radius 3 is 2.74 bits per heavy atom. The Balaban J connectivity index is 2.18. The van der Waals surface area contributed by atoms with Gasteiger partial charge in [0.05, 0.1) is 5.69 Å². The second-order valence-corrected chi connectivity index (χ2v) is 5.11. The van der Waals surface area contributed by atoms with Crippen molar-refractivity contribution in [2.45, 2.75) is 33.1 Å². The van der Waals surface area contributed by atoms with Gasteiger partial charge < -0.3 is 5.11 Å². The zero-order valence-corrected chi connectivity index (χ0v) is 11.1. The van der Waals surface area contributed by atoms with E-state index < -0.39 is 5.97 Å². The van der Waals surface area contributed by atoms with E-state index >= 15 is 0 Å². The summed E-state index contributed by atoms with van der Waals surface area (Å²) in [6.07, 6.45) is 2.74. The molecule has 0 saturated carbocycles. The molecular formula is C15H16N2O2. The molecule has 1 aromatic heterocycles. The number of carboxylic acid groups (broad SMARTS) is 1.